The van der Waals surface area contributed by atoms with E-state index in [9.17, 15) is 18.0 Å². The Morgan fingerprint density at radius 2 is 1.86 bits per heavy atom. The quantitative estimate of drug-likeness (QED) is 0.549. The van der Waals surface area contributed by atoms with E-state index in [1.807, 2.05) is 0 Å². The molecule has 6 heteroatoms. The van der Waals surface area contributed by atoms with E-state index < -0.39 is 26.5 Å². The van der Waals surface area contributed by atoms with E-state index in [4.69, 9.17) is 5.11 Å². The average molecular weight is 316 g/mol. The zero-order valence-corrected chi connectivity index (χ0v) is 13.3. The van der Waals surface area contributed by atoms with Crippen LogP contribution in [0, 0.1) is 5.92 Å². The summed E-state index contributed by atoms with van der Waals surface area (Å²) in [7, 11) is -3.74. The minimum Gasteiger partial charge on any atom is -0.478 e. The minimum atomic E-state index is -3.74. The number of hydrogen-bond donors (Lipinski definition) is 1. The summed E-state index contributed by atoms with van der Waals surface area (Å²) in [5, 5.41) is 8.63. The monoisotopic (exact) mass is 316 g/mol. The number of unbranched alkanes of at least 4 members (excludes halogenated alkanes) is 5. The molecule has 0 aromatic heterocycles. The topological polar surface area (TPSA) is 88.5 Å². The molecule has 1 unspecified atom stereocenters. The van der Waals surface area contributed by atoms with Crippen LogP contribution >= 0.6 is 0 Å². The van der Waals surface area contributed by atoms with Crippen molar-refractivity contribution in [3.8, 4) is 0 Å². The van der Waals surface area contributed by atoms with Crippen molar-refractivity contribution in [2.75, 3.05) is 5.75 Å². The van der Waals surface area contributed by atoms with Crippen molar-refractivity contribution < 1.29 is 23.1 Å². The predicted octanol–water partition coefficient (Wildman–Crippen LogP) is 2.71. The Hall–Kier alpha value is -1.17. The van der Waals surface area contributed by atoms with Gasteiger partial charge in [-0.25, -0.2) is 13.2 Å². The molecule has 5 nitrogen and oxygen atoms in total. The molecule has 1 saturated heterocycles. The van der Waals surface area contributed by atoms with E-state index in [0.29, 0.717) is 6.08 Å². The number of rotatable bonds is 8. The number of carboxylic acids is 1. The van der Waals surface area contributed by atoms with Crippen LogP contribution in [0.3, 0.4) is 0 Å². The van der Waals surface area contributed by atoms with Crippen molar-refractivity contribution in [2.45, 2.75) is 58.3 Å². The van der Waals surface area contributed by atoms with E-state index >= 15 is 0 Å². The van der Waals surface area contributed by atoms with Crippen LogP contribution in [0.25, 0.3) is 0 Å². The van der Waals surface area contributed by atoms with Gasteiger partial charge in [-0.1, -0.05) is 45.4 Å². The molecule has 0 spiro atoms. The smallest absolute Gasteiger partial charge is 0.329 e. The number of sulfone groups is 1. The lowest BCUT2D eigenvalue weighted by Gasteiger charge is -2.22. The SMILES string of the molecule is CCCCCCCCC1CC(=O)/C(=C/C(=O)O)S(=O)(=O)C1. The summed E-state index contributed by atoms with van der Waals surface area (Å²) in [5.41, 5.74) is 0. The molecular formula is C15H24O5S. The number of carboxylic acid groups (broad SMARTS) is 1. The van der Waals surface area contributed by atoms with Gasteiger partial charge in [-0.2, -0.15) is 0 Å². The number of ketones is 1. The number of carbonyl (C=O) groups is 2. The Morgan fingerprint density at radius 1 is 1.24 bits per heavy atom. The van der Waals surface area contributed by atoms with Gasteiger partial charge in [-0.3, -0.25) is 4.79 Å². The Bertz CT molecular complexity index is 504. The van der Waals surface area contributed by atoms with Crippen molar-refractivity contribution in [3.63, 3.8) is 0 Å². The number of carbonyl (C=O) groups excluding carboxylic acids is 1. The summed E-state index contributed by atoms with van der Waals surface area (Å²) in [4.78, 5) is 21.9. The molecule has 1 aliphatic rings. The van der Waals surface area contributed by atoms with Gasteiger partial charge >= 0.3 is 5.97 Å². The van der Waals surface area contributed by atoms with Crippen molar-refractivity contribution >= 4 is 21.6 Å². The Morgan fingerprint density at radius 3 is 2.43 bits per heavy atom. The highest BCUT2D eigenvalue weighted by molar-refractivity contribution is 7.96. The molecule has 0 bridgehead atoms. The van der Waals surface area contributed by atoms with Gasteiger partial charge in [0.2, 0.25) is 0 Å². The normalized spacial score (nSPS) is 23.4. The second-order valence-corrected chi connectivity index (χ2v) is 7.68. The average Bonchev–Trinajstić information content (AvgIpc) is 2.37. The lowest BCUT2D eigenvalue weighted by molar-refractivity contribution is -0.131. The maximum absolute atomic E-state index is 12.0. The number of Topliss-reactive ketones (excluding diaryl/α,β-unsaturated/α-hetero) is 1. The van der Waals surface area contributed by atoms with Crippen LogP contribution in [-0.2, 0) is 19.4 Å². The first kappa shape index (κ1) is 17.9. The zero-order valence-electron chi connectivity index (χ0n) is 12.5. The summed E-state index contributed by atoms with van der Waals surface area (Å²) in [5.74, 6) is -2.22. The van der Waals surface area contributed by atoms with E-state index in [2.05, 4.69) is 6.92 Å². The standard InChI is InChI=1S/C15H24O5S/c1-2-3-4-5-6-7-8-12-9-13(16)14(10-15(17)18)21(19,20)11-12/h10,12H,2-9,11H2,1H3,(H,17,18)/b14-10-. The Balaban J connectivity index is 2.49. The summed E-state index contributed by atoms with van der Waals surface area (Å²) >= 11 is 0. The van der Waals surface area contributed by atoms with Gasteiger partial charge in [0.25, 0.3) is 0 Å². The molecule has 1 heterocycles. The third-order valence-electron chi connectivity index (χ3n) is 3.76. The van der Waals surface area contributed by atoms with Gasteiger partial charge in [-0.05, 0) is 12.3 Å². The summed E-state index contributed by atoms with van der Waals surface area (Å²) in [6.07, 6.45) is 8.13. The molecule has 0 aliphatic carbocycles. The van der Waals surface area contributed by atoms with Crippen LogP contribution < -0.4 is 0 Å². The molecule has 1 aliphatic heterocycles. The van der Waals surface area contributed by atoms with Crippen LogP contribution in [0.4, 0.5) is 0 Å². The maximum atomic E-state index is 12.0. The fourth-order valence-corrected chi connectivity index (χ4v) is 4.47. The number of allylic oxidation sites excluding steroid dienone is 1. The highest BCUT2D eigenvalue weighted by Gasteiger charge is 2.35. The molecule has 0 saturated carbocycles. The molecule has 0 radical (unpaired) electrons. The lowest BCUT2D eigenvalue weighted by atomic mass is 9.96. The van der Waals surface area contributed by atoms with Crippen LogP contribution in [0.2, 0.25) is 0 Å². The summed E-state index contributed by atoms with van der Waals surface area (Å²) in [6.45, 7) is 2.15. The summed E-state index contributed by atoms with van der Waals surface area (Å²) in [6, 6.07) is 0. The van der Waals surface area contributed by atoms with Crippen LogP contribution in [-0.4, -0.2) is 31.0 Å². The lowest BCUT2D eigenvalue weighted by Crippen LogP contribution is -2.31. The maximum Gasteiger partial charge on any atom is 0.329 e. The second-order valence-electron chi connectivity index (χ2n) is 5.68. The first-order valence-electron chi connectivity index (χ1n) is 7.57. The van der Waals surface area contributed by atoms with Crippen molar-refractivity contribution in [3.05, 3.63) is 11.0 Å². The van der Waals surface area contributed by atoms with Crippen molar-refractivity contribution in [1.82, 2.24) is 0 Å². The molecule has 21 heavy (non-hydrogen) atoms. The molecule has 1 fully saturated rings. The predicted molar refractivity (Wildman–Crippen MR) is 80.6 cm³/mol. The zero-order chi connectivity index (χ0) is 15.9. The number of hydrogen-bond acceptors (Lipinski definition) is 4. The molecule has 1 atom stereocenters. The van der Waals surface area contributed by atoms with Crippen LogP contribution in [0.15, 0.2) is 11.0 Å². The van der Waals surface area contributed by atoms with Crippen LogP contribution in [0.5, 0.6) is 0 Å². The molecule has 0 aromatic rings. The van der Waals surface area contributed by atoms with E-state index in [1.165, 1.54) is 19.3 Å². The Labute approximate surface area is 126 Å². The van der Waals surface area contributed by atoms with Gasteiger partial charge < -0.3 is 5.11 Å². The van der Waals surface area contributed by atoms with E-state index in [-0.39, 0.29) is 18.1 Å². The van der Waals surface area contributed by atoms with Gasteiger partial charge in [0.1, 0.15) is 4.91 Å². The molecule has 120 valence electrons. The van der Waals surface area contributed by atoms with Gasteiger partial charge in [0, 0.05) is 12.5 Å². The summed E-state index contributed by atoms with van der Waals surface area (Å²) < 4.78 is 23.9. The van der Waals surface area contributed by atoms with Crippen molar-refractivity contribution in [2.24, 2.45) is 5.92 Å². The van der Waals surface area contributed by atoms with Crippen LogP contribution in [0.1, 0.15) is 58.3 Å². The van der Waals surface area contributed by atoms with Gasteiger partial charge in [0.15, 0.2) is 15.6 Å². The highest BCUT2D eigenvalue weighted by atomic mass is 32.2. The fraction of sp³-hybridized carbons (Fsp3) is 0.733. The molecule has 0 amide bonds. The number of aliphatic carboxylic acids is 1. The van der Waals surface area contributed by atoms with Crippen molar-refractivity contribution in [1.29, 1.82) is 0 Å². The highest BCUT2D eigenvalue weighted by Crippen LogP contribution is 2.28. The fourth-order valence-electron chi connectivity index (χ4n) is 2.68. The van der Waals surface area contributed by atoms with E-state index in [1.54, 1.807) is 0 Å². The third-order valence-corrected chi connectivity index (χ3v) is 5.69. The third kappa shape index (κ3) is 5.99. The first-order valence-corrected chi connectivity index (χ1v) is 9.22. The van der Waals surface area contributed by atoms with E-state index in [0.717, 1.165) is 25.7 Å². The first-order chi connectivity index (χ1) is 9.86. The minimum absolute atomic E-state index is 0.104. The molecular weight excluding hydrogens is 292 g/mol. The van der Waals surface area contributed by atoms with Gasteiger partial charge in [0.05, 0.1) is 5.75 Å². The molecule has 0 aromatic carbocycles. The van der Waals surface area contributed by atoms with Gasteiger partial charge in [-0.15, -0.1) is 0 Å². The Kier molecular flexibility index (Phi) is 7.08. The molecule has 1 N–H and O–H groups in total. The second kappa shape index (κ2) is 8.32. The largest absolute Gasteiger partial charge is 0.478 e. The molecule has 1 rings (SSSR count).